The van der Waals surface area contributed by atoms with Crippen molar-refractivity contribution in [3.8, 4) is 23.0 Å². The first-order chi connectivity index (χ1) is 14.2. The molecule has 0 saturated carbocycles. The smallest absolute Gasteiger partial charge is 0.256 e. The summed E-state index contributed by atoms with van der Waals surface area (Å²) in [5.74, 6) is 2.59. The third-order valence-electron chi connectivity index (χ3n) is 4.31. The van der Waals surface area contributed by atoms with Crippen molar-refractivity contribution in [3.63, 3.8) is 0 Å². The number of amides is 1. The highest BCUT2D eigenvalue weighted by Gasteiger charge is 2.14. The summed E-state index contributed by atoms with van der Waals surface area (Å²) in [6.45, 7) is 0.231. The van der Waals surface area contributed by atoms with E-state index in [9.17, 15) is 4.79 Å². The molecule has 1 aliphatic heterocycles. The molecule has 4 rings (SSSR count). The van der Waals surface area contributed by atoms with Crippen molar-refractivity contribution >= 4 is 23.1 Å². The van der Waals surface area contributed by atoms with Crippen LogP contribution in [0.1, 0.15) is 10.4 Å². The van der Waals surface area contributed by atoms with Gasteiger partial charge in [-0.2, -0.15) is 0 Å². The zero-order valence-corrected chi connectivity index (χ0v) is 15.9. The van der Waals surface area contributed by atoms with Crippen LogP contribution in [0.5, 0.6) is 23.0 Å². The number of methoxy groups -OCH3 is 2. The number of ether oxygens (including phenoxy) is 4. The van der Waals surface area contributed by atoms with E-state index in [0.29, 0.717) is 28.6 Å². The van der Waals surface area contributed by atoms with Crippen LogP contribution < -0.4 is 29.6 Å². The number of pyridine rings is 1. The van der Waals surface area contributed by atoms with Crippen molar-refractivity contribution in [2.45, 2.75) is 0 Å². The van der Waals surface area contributed by atoms with Crippen LogP contribution in [0.2, 0.25) is 0 Å². The van der Waals surface area contributed by atoms with Crippen LogP contribution in [-0.2, 0) is 0 Å². The predicted octanol–water partition coefficient (Wildman–Crippen LogP) is 3.82. The van der Waals surface area contributed by atoms with Crippen LogP contribution in [0.4, 0.5) is 17.2 Å². The molecule has 8 heteroatoms. The van der Waals surface area contributed by atoms with E-state index in [0.717, 1.165) is 17.1 Å². The summed E-state index contributed by atoms with van der Waals surface area (Å²) < 4.78 is 21.1. The zero-order valence-electron chi connectivity index (χ0n) is 15.9. The van der Waals surface area contributed by atoms with Crippen LogP contribution >= 0.6 is 0 Å². The molecular formula is C21H19N3O5. The van der Waals surface area contributed by atoms with Crippen LogP contribution in [0.3, 0.4) is 0 Å². The molecule has 0 atom stereocenters. The van der Waals surface area contributed by atoms with Crippen molar-refractivity contribution in [1.82, 2.24) is 4.98 Å². The highest BCUT2D eigenvalue weighted by Crippen LogP contribution is 2.35. The van der Waals surface area contributed by atoms with E-state index in [1.54, 1.807) is 37.6 Å². The van der Waals surface area contributed by atoms with Crippen molar-refractivity contribution in [2.24, 2.45) is 0 Å². The lowest BCUT2D eigenvalue weighted by atomic mass is 10.2. The Labute approximate surface area is 167 Å². The second-order valence-corrected chi connectivity index (χ2v) is 6.15. The van der Waals surface area contributed by atoms with E-state index in [-0.39, 0.29) is 12.7 Å². The number of nitrogens with one attached hydrogen (secondary N) is 2. The minimum atomic E-state index is -0.296. The molecule has 2 heterocycles. The molecule has 0 aliphatic carbocycles. The van der Waals surface area contributed by atoms with Gasteiger partial charge in [0.25, 0.3) is 5.91 Å². The summed E-state index contributed by atoms with van der Waals surface area (Å²) in [4.78, 5) is 16.8. The Balaban J connectivity index is 1.42. The Morgan fingerprint density at radius 2 is 1.72 bits per heavy atom. The fraction of sp³-hybridized carbons (Fsp3) is 0.143. The Morgan fingerprint density at radius 3 is 2.48 bits per heavy atom. The number of fused-ring (bicyclic) bond motifs is 1. The second-order valence-electron chi connectivity index (χ2n) is 6.15. The molecule has 1 aliphatic rings. The average Bonchev–Trinajstić information content (AvgIpc) is 3.22. The fourth-order valence-electron chi connectivity index (χ4n) is 2.85. The third-order valence-corrected chi connectivity index (χ3v) is 4.31. The fourth-order valence-corrected chi connectivity index (χ4v) is 2.85. The first-order valence-corrected chi connectivity index (χ1v) is 8.82. The number of benzene rings is 2. The van der Waals surface area contributed by atoms with Gasteiger partial charge >= 0.3 is 0 Å². The van der Waals surface area contributed by atoms with E-state index in [2.05, 4.69) is 15.6 Å². The molecule has 0 saturated heterocycles. The summed E-state index contributed by atoms with van der Waals surface area (Å²) in [7, 11) is 3.06. The van der Waals surface area contributed by atoms with Gasteiger partial charge in [0.2, 0.25) is 6.79 Å². The van der Waals surface area contributed by atoms with Gasteiger partial charge in [-0.25, -0.2) is 4.98 Å². The number of anilines is 3. The topological polar surface area (TPSA) is 90.9 Å². The molecule has 3 aromatic rings. The van der Waals surface area contributed by atoms with E-state index >= 15 is 0 Å². The summed E-state index contributed by atoms with van der Waals surface area (Å²) in [5, 5.41) is 5.99. The maximum Gasteiger partial charge on any atom is 0.256 e. The number of carbonyl (C=O) groups is 1. The summed E-state index contributed by atoms with van der Waals surface area (Å²) in [5.41, 5.74) is 2.05. The van der Waals surface area contributed by atoms with Gasteiger partial charge < -0.3 is 29.6 Å². The maximum absolute atomic E-state index is 12.5. The number of nitrogens with zero attached hydrogens (tertiary/aromatic N) is 1. The lowest BCUT2D eigenvalue weighted by Crippen LogP contribution is -2.13. The second kappa shape index (κ2) is 7.97. The lowest BCUT2D eigenvalue weighted by molar-refractivity contribution is 0.102. The van der Waals surface area contributed by atoms with Crippen LogP contribution in [0.25, 0.3) is 0 Å². The van der Waals surface area contributed by atoms with Crippen LogP contribution in [-0.4, -0.2) is 31.9 Å². The van der Waals surface area contributed by atoms with Crippen LogP contribution in [0, 0.1) is 0 Å². The van der Waals surface area contributed by atoms with Gasteiger partial charge in [-0.15, -0.1) is 0 Å². The Hall–Kier alpha value is -3.94. The van der Waals surface area contributed by atoms with Gasteiger partial charge in [-0.05, 0) is 42.5 Å². The molecule has 2 aromatic carbocycles. The van der Waals surface area contributed by atoms with Crippen molar-refractivity contribution in [1.29, 1.82) is 0 Å². The summed E-state index contributed by atoms with van der Waals surface area (Å²) in [6.07, 6.45) is 1.63. The Bertz CT molecular complexity index is 1040. The highest BCUT2D eigenvalue weighted by atomic mass is 16.7. The molecule has 0 bridgehead atoms. The van der Waals surface area contributed by atoms with Gasteiger partial charge in [-0.3, -0.25) is 4.79 Å². The molecular weight excluding hydrogens is 374 g/mol. The van der Waals surface area contributed by atoms with E-state index < -0.39 is 0 Å². The molecule has 2 N–H and O–H groups in total. The molecule has 0 fully saturated rings. The first-order valence-electron chi connectivity index (χ1n) is 8.82. The third kappa shape index (κ3) is 4.01. The number of hydrogen-bond donors (Lipinski definition) is 2. The number of rotatable bonds is 6. The van der Waals surface area contributed by atoms with Crippen molar-refractivity contribution < 1.29 is 23.7 Å². The normalized spacial score (nSPS) is 11.7. The summed E-state index contributed by atoms with van der Waals surface area (Å²) >= 11 is 0. The van der Waals surface area contributed by atoms with Gasteiger partial charge in [0.15, 0.2) is 23.0 Å². The van der Waals surface area contributed by atoms with Gasteiger partial charge in [0.05, 0.1) is 26.1 Å². The largest absolute Gasteiger partial charge is 0.493 e. The Morgan fingerprint density at radius 1 is 0.931 bits per heavy atom. The van der Waals surface area contributed by atoms with Crippen LogP contribution in [0.15, 0.2) is 54.7 Å². The highest BCUT2D eigenvalue weighted by molar-refractivity contribution is 6.04. The minimum Gasteiger partial charge on any atom is -0.493 e. The summed E-state index contributed by atoms with van der Waals surface area (Å²) in [6, 6.07) is 14.1. The molecule has 8 nitrogen and oxygen atoms in total. The standard InChI is InChI=1S/C21H19N3O5/c1-26-16-6-3-13(9-18(16)27-2)21(25)24-20-8-5-15(11-22-20)23-14-4-7-17-19(10-14)29-12-28-17/h3-11,23H,12H2,1-2H3,(H,22,24,25). The maximum atomic E-state index is 12.5. The average molecular weight is 393 g/mol. The quantitative estimate of drug-likeness (QED) is 0.658. The lowest BCUT2D eigenvalue weighted by Gasteiger charge is -2.10. The van der Waals surface area contributed by atoms with E-state index in [4.69, 9.17) is 18.9 Å². The van der Waals surface area contributed by atoms with E-state index in [1.165, 1.54) is 7.11 Å². The van der Waals surface area contributed by atoms with Crippen molar-refractivity contribution in [3.05, 3.63) is 60.3 Å². The van der Waals surface area contributed by atoms with Gasteiger partial charge in [-0.1, -0.05) is 0 Å². The molecule has 0 unspecified atom stereocenters. The molecule has 1 aromatic heterocycles. The first kappa shape index (κ1) is 18.4. The number of aromatic nitrogens is 1. The Kier molecular flexibility index (Phi) is 5.07. The molecule has 0 spiro atoms. The molecule has 148 valence electrons. The monoisotopic (exact) mass is 393 g/mol. The molecule has 1 amide bonds. The number of hydrogen-bond acceptors (Lipinski definition) is 7. The number of carbonyl (C=O) groups excluding carboxylic acids is 1. The van der Waals surface area contributed by atoms with E-state index in [1.807, 2.05) is 24.3 Å². The molecule has 0 radical (unpaired) electrons. The molecule has 29 heavy (non-hydrogen) atoms. The van der Waals surface area contributed by atoms with Gasteiger partial charge in [0, 0.05) is 17.3 Å². The van der Waals surface area contributed by atoms with Gasteiger partial charge in [0.1, 0.15) is 5.82 Å². The SMILES string of the molecule is COc1ccc(C(=O)Nc2ccc(Nc3ccc4c(c3)OCO4)cn2)cc1OC. The van der Waals surface area contributed by atoms with Crippen molar-refractivity contribution in [2.75, 3.05) is 31.6 Å². The predicted molar refractivity (Wildman–Crippen MR) is 108 cm³/mol. The minimum absolute atomic E-state index is 0.231. The zero-order chi connectivity index (χ0) is 20.2.